The lowest BCUT2D eigenvalue weighted by molar-refractivity contribution is 0.0573. The van der Waals surface area contributed by atoms with Crippen molar-refractivity contribution in [2.24, 2.45) is 11.7 Å². The Morgan fingerprint density at radius 2 is 2.09 bits per heavy atom. The number of methoxy groups -OCH3 is 2. The predicted octanol–water partition coefficient (Wildman–Crippen LogP) is 3.13. The van der Waals surface area contributed by atoms with Crippen molar-refractivity contribution in [1.29, 1.82) is 0 Å². The number of hydrogen-bond donors (Lipinski definition) is 1. The lowest BCUT2D eigenvalue weighted by Gasteiger charge is -2.33. The van der Waals surface area contributed by atoms with Gasteiger partial charge in [0.25, 0.3) is 0 Å². The number of fused-ring (bicyclic) bond motifs is 1. The molecule has 0 aromatic carbocycles. The van der Waals surface area contributed by atoms with Crippen LogP contribution in [0.5, 0.6) is 5.88 Å². The molecule has 9 nitrogen and oxygen atoms in total. The summed E-state index contributed by atoms with van der Waals surface area (Å²) >= 11 is 1.63. The second kappa shape index (κ2) is 12.2. The second-order valence-electron chi connectivity index (χ2n) is 8.06. The van der Waals surface area contributed by atoms with Crippen molar-refractivity contribution < 1.29 is 19.0 Å². The largest absolute Gasteiger partial charge is 0.479 e. The maximum atomic E-state index is 10.9. The maximum absolute atomic E-state index is 10.9. The highest BCUT2D eigenvalue weighted by Crippen LogP contribution is 2.35. The maximum Gasteiger partial charge on any atom is 0.314 e. The fraction of sp³-hybridized carbons (Fsp3) is 0.682. The minimum atomic E-state index is -0.311. The van der Waals surface area contributed by atoms with E-state index in [-0.39, 0.29) is 6.03 Å². The van der Waals surface area contributed by atoms with E-state index in [1.807, 2.05) is 18.6 Å². The number of amides is 2. The molecule has 2 aromatic heterocycles. The second-order valence-corrected chi connectivity index (χ2v) is 8.92. The number of piperidine rings is 1. The normalized spacial score (nSPS) is 19.3. The van der Waals surface area contributed by atoms with Gasteiger partial charge in [0.15, 0.2) is 0 Å². The predicted molar refractivity (Wildman–Crippen MR) is 127 cm³/mol. The van der Waals surface area contributed by atoms with E-state index in [2.05, 4.69) is 14.9 Å². The topological polar surface area (TPSA) is 103 Å². The Bertz CT molecular complexity index is 858. The molecule has 2 saturated heterocycles. The minimum absolute atomic E-state index is 0.304. The van der Waals surface area contributed by atoms with Crippen molar-refractivity contribution in [2.75, 3.05) is 58.5 Å². The quantitative estimate of drug-likeness (QED) is 0.699. The molecule has 4 rings (SSSR count). The molecular formula is C22H35N5O4S. The summed E-state index contributed by atoms with van der Waals surface area (Å²) < 4.78 is 17.1. The van der Waals surface area contributed by atoms with E-state index in [1.165, 1.54) is 0 Å². The van der Waals surface area contributed by atoms with Gasteiger partial charge in [-0.15, -0.1) is 11.3 Å². The molecule has 0 spiro atoms. The number of rotatable bonds is 6. The van der Waals surface area contributed by atoms with Gasteiger partial charge in [0.2, 0.25) is 5.88 Å². The summed E-state index contributed by atoms with van der Waals surface area (Å²) in [5.41, 5.74) is 9.05. The number of pyridine rings is 1. The summed E-state index contributed by atoms with van der Waals surface area (Å²) in [6.07, 6.45) is 6.55. The third kappa shape index (κ3) is 6.20. The third-order valence-corrected chi connectivity index (χ3v) is 6.91. The van der Waals surface area contributed by atoms with Crippen LogP contribution in [0.15, 0.2) is 11.7 Å². The molecule has 0 radical (unpaired) electrons. The van der Waals surface area contributed by atoms with E-state index in [0.29, 0.717) is 24.4 Å². The summed E-state index contributed by atoms with van der Waals surface area (Å²) in [6, 6.07) is -0.311. The van der Waals surface area contributed by atoms with Gasteiger partial charge in [0.05, 0.1) is 35.3 Å². The first-order valence-corrected chi connectivity index (χ1v) is 12.1. The molecule has 2 fully saturated rings. The highest BCUT2D eigenvalue weighted by Gasteiger charge is 2.23. The van der Waals surface area contributed by atoms with Crippen LogP contribution in [0.4, 0.5) is 10.5 Å². The molecule has 0 bridgehead atoms. The number of thiazole rings is 1. The van der Waals surface area contributed by atoms with Gasteiger partial charge >= 0.3 is 6.03 Å². The number of nitrogens with zero attached hydrogens (tertiary/aromatic N) is 4. The van der Waals surface area contributed by atoms with Gasteiger partial charge in [-0.3, -0.25) is 0 Å². The number of aromatic nitrogens is 2. The number of ether oxygens (including phenoxy) is 3. The smallest absolute Gasteiger partial charge is 0.314 e. The van der Waals surface area contributed by atoms with Crippen LogP contribution in [0.25, 0.3) is 10.2 Å². The van der Waals surface area contributed by atoms with Crippen molar-refractivity contribution in [2.45, 2.75) is 38.7 Å². The molecule has 4 heterocycles. The van der Waals surface area contributed by atoms with Gasteiger partial charge in [-0.05, 0) is 38.5 Å². The summed E-state index contributed by atoms with van der Waals surface area (Å²) in [7, 11) is 3.41. The number of primary amides is 1. The van der Waals surface area contributed by atoms with E-state index in [4.69, 9.17) is 19.9 Å². The fourth-order valence-electron chi connectivity index (χ4n) is 4.16. The number of hydrogen-bond acceptors (Lipinski definition) is 8. The highest BCUT2D eigenvalue weighted by molar-refractivity contribution is 7.17. The Hall–Kier alpha value is -2.17. The van der Waals surface area contributed by atoms with Crippen molar-refractivity contribution in [3.63, 3.8) is 0 Å². The molecule has 178 valence electrons. The summed E-state index contributed by atoms with van der Waals surface area (Å²) in [6.45, 7) is 7.03. The first kappa shape index (κ1) is 24.5. The summed E-state index contributed by atoms with van der Waals surface area (Å²) in [5.74, 6) is 1.17. The van der Waals surface area contributed by atoms with Crippen LogP contribution in [-0.4, -0.2) is 80.6 Å². The Morgan fingerprint density at radius 1 is 1.31 bits per heavy atom. The van der Waals surface area contributed by atoms with Gasteiger partial charge in [-0.25, -0.2) is 14.8 Å². The average molecular weight is 466 g/mol. The van der Waals surface area contributed by atoms with Gasteiger partial charge in [-0.1, -0.05) is 0 Å². The van der Waals surface area contributed by atoms with E-state index in [9.17, 15) is 4.79 Å². The number of carbonyl (C=O) groups is 1. The van der Waals surface area contributed by atoms with Gasteiger partial charge < -0.3 is 29.7 Å². The van der Waals surface area contributed by atoms with Gasteiger partial charge in [0, 0.05) is 46.5 Å². The molecule has 1 unspecified atom stereocenters. The van der Waals surface area contributed by atoms with Crippen LogP contribution in [0.1, 0.15) is 32.6 Å². The fourth-order valence-corrected chi connectivity index (χ4v) is 4.98. The highest BCUT2D eigenvalue weighted by atomic mass is 32.1. The van der Waals surface area contributed by atoms with Gasteiger partial charge in [0.1, 0.15) is 5.52 Å². The van der Waals surface area contributed by atoms with Crippen molar-refractivity contribution in [3.05, 3.63) is 11.7 Å². The first-order chi connectivity index (χ1) is 15.6. The van der Waals surface area contributed by atoms with E-state index < -0.39 is 0 Å². The van der Waals surface area contributed by atoms with E-state index in [1.54, 1.807) is 30.5 Å². The molecule has 2 aromatic rings. The summed E-state index contributed by atoms with van der Waals surface area (Å²) in [5, 5.41) is 0. The zero-order chi connectivity index (χ0) is 22.9. The molecule has 0 saturated carbocycles. The number of anilines is 1. The molecule has 2 amide bonds. The lowest BCUT2D eigenvalue weighted by Crippen LogP contribution is -2.40. The average Bonchev–Trinajstić information content (AvgIpc) is 3.33. The molecule has 10 heteroatoms. The molecule has 1 atom stereocenters. The zero-order valence-electron chi connectivity index (χ0n) is 19.3. The van der Waals surface area contributed by atoms with E-state index >= 15 is 0 Å². The standard InChI is InChI=1S/C13H17N3O2S.C9H18N2O2/c1-17-9-4-3-5-16(7-9)10-6-14-13(18-2)11-12(10)19-8-15-11;1-2-11(9(10)12)7-8-3-5-13-6-4-8/h6,8-9H,3-5,7H2,1-2H3;8H,2-7H2,1H3,(H2,10,12). The Kier molecular flexibility index (Phi) is 9.31. The van der Waals surface area contributed by atoms with Crippen LogP contribution in [0.2, 0.25) is 0 Å². The number of carbonyl (C=O) groups excluding carboxylic acids is 1. The molecule has 2 aliphatic heterocycles. The molecule has 2 aliphatic rings. The van der Waals surface area contributed by atoms with Crippen LogP contribution >= 0.6 is 11.3 Å². The van der Waals surface area contributed by atoms with Crippen molar-refractivity contribution in [3.8, 4) is 5.88 Å². The Balaban J connectivity index is 0.000000195. The van der Waals surface area contributed by atoms with Crippen molar-refractivity contribution in [1.82, 2.24) is 14.9 Å². The number of urea groups is 1. The van der Waals surface area contributed by atoms with Crippen LogP contribution in [0, 0.1) is 5.92 Å². The number of nitrogens with two attached hydrogens (primary N) is 1. The lowest BCUT2D eigenvalue weighted by atomic mass is 10.00. The Labute approximate surface area is 193 Å². The van der Waals surface area contributed by atoms with Crippen LogP contribution in [0.3, 0.4) is 0 Å². The molecular weight excluding hydrogens is 430 g/mol. The van der Waals surface area contributed by atoms with Crippen LogP contribution < -0.4 is 15.4 Å². The van der Waals surface area contributed by atoms with Crippen LogP contribution in [-0.2, 0) is 9.47 Å². The summed E-state index contributed by atoms with van der Waals surface area (Å²) in [4.78, 5) is 23.7. The Morgan fingerprint density at radius 3 is 2.75 bits per heavy atom. The molecule has 0 aliphatic carbocycles. The van der Waals surface area contributed by atoms with Gasteiger partial charge in [-0.2, -0.15) is 0 Å². The zero-order valence-corrected chi connectivity index (χ0v) is 20.1. The molecule has 32 heavy (non-hydrogen) atoms. The molecule has 2 N–H and O–H groups in total. The first-order valence-electron chi connectivity index (χ1n) is 11.2. The monoisotopic (exact) mass is 465 g/mol. The third-order valence-electron chi connectivity index (χ3n) is 6.07. The van der Waals surface area contributed by atoms with E-state index in [0.717, 1.165) is 74.4 Å². The SMILES string of the molecule is CCN(CC1CCOCC1)C(N)=O.COc1ncc(N2CCCC(OC)C2)c2scnc12. The minimum Gasteiger partial charge on any atom is -0.479 e. The van der Waals surface area contributed by atoms with Crippen molar-refractivity contribution >= 4 is 33.3 Å².